The van der Waals surface area contributed by atoms with E-state index in [4.69, 9.17) is 26.8 Å². The first-order chi connectivity index (χ1) is 18.6. The second-order valence-electron chi connectivity index (χ2n) is 9.85. The van der Waals surface area contributed by atoms with Crippen molar-refractivity contribution in [2.45, 2.75) is 44.5 Å². The normalized spacial score (nSPS) is 13.5. The minimum atomic E-state index is -4.79. The van der Waals surface area contributed by atoms with E-state index in [9.17, 15) is 27.5 Å². The molecule has 12 heteroatoms. The van der Waals surface area contributed by atoms with Crippen molar-refractivity contribution < 1.29 is 36.9 Å². The predicted octanol–water partition coefficient (Wildman–Crippen LogP) is 5.58. The Hall–Kier alpha value is -3.41. The van der Waals surface area contributed by atoms with E-state index >= 15 is 0 Å². The van der Waals surface area contributed by atoms with Crippen molar-refractivity contribution in [2.75, 3.05) is 20.3 Å². The smallest absolute Gasteiger partial charge is 0.398 e. The number of ether oxygens (including phenoxy) is 2. The van der Waals surface area contributed by atoms with E-state index in [0.717, 1.165) is 6.07 Å². The highest BCUT2D eigenvalue weighted by Gasteiger charge is 2.42. The van der Waals surface area contributed by atoms with Gasteiger partial charge in [0, 0.05) is 23.2 Å². The Kier molecular flexibility index (Phi) is 9.65. The molecular formula is C28H30ClF4N3O4. The Morgan fingerprint density at radius 2 is 1.82 bits per heavy atom. The van der Waals surface area contributed by atoms with Gasteiger partial charge in [-0.2, -0.15) is 13.2 Å². The van der Waals surface area contributed by atoms with E-state index in [2.05, 4.69) is 10.3 Å². The number of halogens is 5. The number of aliphatic hydroxyl groups is 1. The van der Waals surface area contributed by atoms with E-state index < -0.39 is 42.0 Å². The van der Waals surface area contributed by atoms with E-state index in [1.165, 1.54) is 56.5 Å². The number of nitrogens with one attached hydrogen (secondary N) is 1. The van der Waals surface area contributed by atoms with E-state index in [1.54, 1.807) is 13.8 Å². The lowest BCUT2D eigenvalue weighted by Crippen LogP contribution is -2.36. The Balaban J connectivity index is 1.94. The second-order valence-corrected chi connectivity index (χ2v) is 10.3. The molecule has 0 spiro atoms. The number of rotatable bonds is 10. The van der Waals surface area contributed by atoms with Crippen LogP contribution in [-0.4, -0.2) is 48.5 Å². The molecular weight excluding hydrogens is 554 g/mol. The molecule has 0 saturated carbocycles. The average molecular weight is 584 g/mol. The van der Waals surface area contributed by atoms with Gasteiger partial charge in [0.05, 0.1) is 29.6 Å². The highest BCUT2D eigenvalue weighted by atomic mass is 35.5. The van der Waals surface area contributed by atoms with Crippen LogP contribution in [0.1, 0.15) is 48.3 Å². The summed E-state index contributed by atoms with van der Waals surface area (Å²) in [4.78, 5) is 17.0. The summed E-state index contributed by atoms with van der Waals surface area (Å²) < 4.78 is 67.3. The molecule has 216 valence electrons. The van der Waals surface area contributed by atoms with Gasteiger partial charge in [0.25, 0.3) is 5.91 Å². The summed E-state index contributed by atoms with van der Waals surface area (Å²) in [5, 5.41) is 11.5. The van der Waals surface area contributed by atoms with Crippen LogP contribution in [0.4, 0.5) is 17.6 Å². The van der Waals surface area contributed by atoms with Crippen LogP contribution in [0.5, 0.6) is 11.5 Å². The molecule has 7 nitrogen and oxygen atoms in total. The molecule has 2 aromatic carbocycles. The molecule has 0 fully saturated rings. The first-order valence-electron chi connectivity index (χ1n) is 12.2. The van der Waals surface area contributed by atoms with Gasteiger partial charge in [0.1, 0.15) is 18.3 Å². The van der Waals surface area contributed by atoms with Gasteiger partial charge in [-0.25, -0.2) is 4.39 Å². The molecule has 0 bridgehead atoms. The van der Waals surface area contributed by atoms with Crippen LogP contribution in [0.2, 0.25) is 5.02 Å². The van der Waals surface area contributed by atoms with Gasteiger partial charge in [-0.1, -0.05) is 11.6 Å². The molecule has 40 heavy (non-hydrogen) atoms. The number of methoxy groups -OCH3 is 1. The molecule has 1 amide bonds. The third-order valence-corrected chi connectivity index (χ3v) is 6.22. The molecule has 0 saturated heterocycles. The molecule has 0 aliphatic rings. The van der Waals surface area contributed by atoms with Crippen LogP contribution in [-0.2, 0) is 5.54 Å². The zero-order valence-corrected chi connectivity index (χ0v) is 23.0. The topological polar surface area (TPSA) is 107 Å². The summed E-state index contributed by atoms with van der Waals surface area (Å²) in [6, 6.07) is 10.6. The van der Waals surface area contributed by atoms with Gasteiger partial charge in [-0.15, -0.1) is 0 Å². The lowest BCUT2D eigenvalue weighted by atomic mass is 9.91. The zero-order valence-electron chi connectivity index (χ0n) is 22.3. The zero-order chi connectivity index (χ0) is 29.8. The fourth-order valence-electron chi connectivity index (χ4n) is 3.73. The summed E-state index contributed by atoms with van der Waals surface area (Å²) in [5.74, 6) is -3.23. The van der Waals surface area contributed by atoms with Gasteiger partial charge in [-0.3, -0.25) is 9.78 Å². The molecule has 0 radical (unpaired) electrons. The Morgan fingerprint density at radius 1 is 1.12 bits per heavy atom. The van der Waals surface area contributed by atoms with Gasteiger partial charge in [-0.05, 0) is 74.9 Å². The molecule has 0 aliphatic heterocycles. The van der Waals surface area contributed by atoms with Gasteiger partial charge < -0.3 is 25.6 Å². The Morgan fingerprint density at radius 3 is 2.40 bits per heavy atom. The molecule has 3 aromatic rings. The maximum absolute atomic E-state index is 14.3. The van der Waals surface area contributed by atoms with Crippen LogP contribution >= 0.6 is 11.6 Å². The Labute approximate surface area is 234 Å². The SMILES string of the molecule is COc1cc(C(=O)NCC(c2cc(C(C)(C)N)cc(-c3ccc(F)c(Cl)c3)n2)C(F)(F)F)ccc1OC[C@@H](C)O. The first kappa shape index (κ1) is 31.1. The largest absolute Gasteiger partial charge is 0.493 e. The second kappa shape index (κ2) is 12.4. The van der Waals surface area contributed by atoms with Crippen molar-refractivity contribution in [2.24, 2.45) is 5.73 Å². The van der Waals surface area contributed by atoms with Crippen molar-refractivity contribution in [3.8, 4) is 22.8 Å². The highest BCUT2D eigenvalue weighted by Crippen LogP contribution is 2.37. The van der Waals surface area contributed by atoms with Crippen molar-refractivity contribution in [1.82, 2.24) is 10.3 Å². The van der Waals surface area contributed by atoms with Crippen molar-refractivity contribution in [3.63, 3.8) is 0 Å². The number of hydrogen-bond donors (Lipinski definition) is 3. The number of alkyl halides is 3. The maximum Gasteiger partial charge on any atom is 0.398 e. The molecule has 1 unspecified atom stereocenters. The number of amides is 1. The summed E-state index contributed by atoms with van der Waals surface area (Å²) >= 11 is 5.89. The molecule has 1 heterocycles. The van der Waals surface area contributed by atoms with Crippen molar-refractivity contribution >= 4 is 17.5 Å². The number of nitrogens with zero attached hydrogens (tertiary/aromatic N) is 1. The van der Waals surface area contributed by atoms with Crippen molar-refractivity contribution in [3.05, 3.63) is 76.2 Å². The monoisotopic (exact) mass is 583 g/mol. The van der Waals surface area contributed by atoms with Crippen molar-refractivity contribution in [1.29, 1.82) is 0 Å². The molecule has 2 atom stereocenters. The molecule has 3 rings (SSSR count). The standard InChI is InChI=1S/C28H30ClF4N3O4/c1-15(37)14-40-24-8-6-17(10-25(24)39-4)26(38)35-13-19(28(31,32)33)23-12-18(27(2,3)34)11-22(36-23)16-5-7-21(30)20(29)9-16/h5-12,15,19,37H,13-14,34H2,1-4H3,(H,35,38)/t15-,19?/m1/s1. The lowest BCUT2D eigenvalue weighted by Gasteiger charge is -2.25. The van der Waals surface area contributed by atoms with Gasteiger partial charge in [0.2, 0.25) is 0 Å². The molecule has 0 aliphatic carbocycles. The quantitative estimate of drug-likeness (QED) is 0.269. The number of benzene rings is 2. The highest BCUT2D eigenvalue weighted by molar-refractivity contribution is 6.31. The van der Waals surface area contributed by atoms with E-state index in [0.29, 0.717) is 11.1 Å². The summed E-state index contributed by atoms with van der Waals surface area (Å²) in [7, 11) is 1.34. The lowest BCUT2D eigenvalue weighted by molar-refractivity contribution is -0.149. The Bertz CT molecular complexity index is 1360. The number of pyridine rings is 1. The average Bonchev–Trinajstić information content (AvgIpc) is 2.87. The first-order valence-corrected chi connectivity index (χ1v) is 12.6. The van der Waals surface area contributed by atoms with Crippen LogP contribution in [0.25, 0.3) is 11.3 Å². The number of hydrogen-bond acceptors (Lipinski definition) is 6. The predicted molar refractivity (Wildman–Crippen MR) is 143 cm³/mol. The van der Waals surface area contributed by atoms with Crippen LogP contribution in [0.15, 0.2) is 48.5 Å². The third-order valence-electron chi connectivity index (χ3n) is 5.93. The minimum Gasteiger partial charge on any atom is -0.493 e. The summed E-state index contributed by atoms with van der Waals surface area (Å²) in [5.41, 5.74) is 5.60. The fraction of sp³-hybridized carbons (Fsp3) is 0.357. The molecule has 1 aromatic heterocycles. The minimum absolute atomic E-state index is 0.0209. The number of carbonyl (C=O) groups is 1. The van der Waals surface area contributed by atoms with Gasteiger partial charge >= 0.3 is 6.18 Å². The summed E-state index contributed by atoms with van der Waals surface area (Å²) in [6.07, 6.45) is -5.53. The number of aromatic nitrogens is 1. The van der Waals surface area contributed by atoms with Crippen LogP contribution < -0.4 is 20.5 Å². The maximum atomic E-state index is 14.3. The summed E-state index contributed by atoms with van der Waals surface area (Å²) in [6.45, 7) is 3.94. The number of carbonyl (C=O) groups excluding carboxylic acids is 1. The van der Waals surface area contributed by atoms with E-state index in [-0.39, 0.29) is 40.1 Å². The van der Waals surface area contributed by atoms with E-state index in [1.807, 2.05) is 0 Å². The number of nitrogens with two attached hydrogens (primary N) is 1. The number of aliphatic hydroxyl groups excluding tert-OH is 1. The molecule has 4 N–H and O–H groups in total. The van der Waals surface area contributed by atoms with Gasteiger partial charge in [0.15, 0.2) is 11.5 Å². The van der Waals surface area contributed by atoms with Crippen LogP contribution in [0, 0.1) is 5.82 Å². The van der Waals surface area contributed by atoms with Crippen LogP contribution in [0.3, 0.4) is 0 Å². The third kappa shape index (κ3) is 7.83. The fourth-order valence-corrected chi connectivity index (χ4v) is 3.91.